The molecule has 0 radical (unpaired) electrons. The summed E-state index contributed by atoms with van der Waals surface area (Å²) < 4.78 is 5.91. The van der Waals surface area contributed by atoms with Crippen LogP contribution in [0.25, 0.3) is 0 Å². The molecule has 1 aromatic heterocycles. The van der Waals surface area contributed by atoms with Gasteiger partial charge < -0.3 is 15.4 Å². The van der Waals surface area contributed by atoms with E-state index in [1.807, 2.05) is 24.3 Å². The monoisotopic (exact) mass is 323 g/mol. The maximum atomic E-state index is 4.94. The van der Waals surface area contributed by atoms with E-state index >= 15 is 0 Å². The van der Waals surface area contributed by atoms with Gasteiger partial charge in [0.2, 0.25) is 5.95 Å². The van der Waals surface area contributed by atoms with Crippen molar-refractivity contribution in [3.8, 4) is 0 Å². The molecule has 0 unspecified atom stereocenters. The fraction of sp³-hybridized carbons (Fsp3) is 0.250. The van der Waals surface area contributed by atoms with E-state index in [1.165, 1.54) is 0 Å². The standard InChI is InChI=1S/C12H14BrN5O/c1-19-7-6-14-12-17-11(8-15-18-12)16-10-5-3-2-4-9(10)13/h2-5,8H,6-7H2,1H3,(H2,14,16,17,18). The zero-order valence-corrected chi connectivity index (χ0v) is 12.0. The predicted molar refractivity (Wildman–Crippen MR) is 77.6 cm³/mol. The van der Waals surface area contributed by atoms with E-state index in [-0.39, 0.29) is 0 Å². The number of ether oxygens (including phenoxy) is 1. The number of aromatic nitrogens is 3. The Morgan fingerprint density at radius 3 is 2.95 bits per heavy atom. The van der Waals surface area contributed by atoms with E-state index in [0.717, 1.165) is 10.2 Å². The number of nitrogens with one attached hydrogen (secondary N) is 2. The highest BCUT2D eigenvalue weighted by atomic mass is 79.9. The summed E-state index contributed by atoms with van der Waals surface area (Å²) in [5.74, 6) is 1.09. The maximum Gasteiger partial charge on any atom is 0.244 e. The number of hydrogen-bond donors (Lipinski definition) is 2. The minimum atomic E-state index is 0.467. The fourth-order valence-corrected chi connectivity index (χ4v) is 1.79. The summed E-state index contributed by atoms with van der Waals surface area (Å²) in [6.07, 6.45) is 1.57. The third kappa shape index (κ3) is 4.15. The average molecular weight is 324 g/mol. The molecule has 100 valence electrons. The third-order valence-corrected chi connectivity index (χ3v) is 2.98. The second-order valence-electron chi connectivity index (χ2n) is 3.69. The second-order valence-corrected chi connectivity index (χ2v) is 4.54. The summed E-state index contributed by atoms with van der Waals surface area (Å²) in [6.45, 7) is 1.22. The molecule has 0 spiro atoms. The molecule has 2 aromatic rings. The largest absolute Gasteiger partial charge is 0.383 e. The smallest absolute Gasteiger partial charge is 0.244 e. The molecule has 2 rings (SSSR count). The van der Waals surface area contributed by atoms with Gasteiger partial charge in [-0.2, -0.15) is 10.1 Å². The lowest BCUT2D eigenvalue weighted by molar-refractivity contribution is 0.210. The van der Waals surface area contributed by atoms with Crippen molar-refractivity contribution >= 4 is 33.4 Å². The van der Waals surface area contributed by atoms with Crippen LogP contribution in [0.1, 0.15) is 0 Å². The van der Waals surface area contributed by atoms with Gasteiger partial charge in [0.1, 0.15) is 0 Å². The number of hydrogen-bond acceptors (Lipinski definition) is 6. The van der Waals surface area contributed by atoms with Crippen molar-refractivity contribution in [1.29, 1.82) is 0 Å². The van der Waals surface area contributed by atoms with Gasteiger partial charge in [0, 0.05) is 18.1 Å². The van der Waals surface area contributed by atoms with Crippen molar-refractivity contribution in [3.05, 3.63) is 34.9 Å². The summed E-state index contributed by atoms with van der Waals surface area (Å²) in [5.41, 5.74) is 0.922. The molecular weight excluding hydrogens is 310 g/mol. The molecule has 0 atom stereocenters. The molecule has 0 fully saturated rings. The van der Waals surface area contributed by atoms with Crippen molar-refractivity contribution in [3.63, 3.8) is 0 Å². The van der Waals surface area contributed by atoms with E-state index in [1.54, 1.807) is 13.3 Å². The Morgan fingerprint density at radius 1 is 1.32 bits per heavy atom. The normalized spacial score (nSPS) is 10.2. The molecule has 0 bridgehead atoms. The second kappa shape index (κ2) is 7.01. The number of rotatable bonds is 6. The summed E-state index contributed by atoms with van der Waals surface area (Å²) in [7, 11) is 1.64. The molecule has 0 aliphatic carbocycles. The summed E-state index contributed by atoms with van der Waals surface area (Å²) >= 11 is 3.47. The first kappa shape index (κ1) is 13.7. The molecule has 2 N–H and O–H groups in total. The molecule has 0 aliphatic rings. The van der Waals surface area contributed by atoms with E-state index in [9.17, 15) is 0 Å². The van der Waals surface area contributed by atoms with Crippen LogP contribution < -0.4 is 10.6 Å². The molecule has 6 nitrogen and oxygen atoms in total. The Balaban J connectivity index is 2.05. The van der Waals surface area contributed by atoms with E-state index in [0.29, 0.717) is 24.9 Å². The van der Waals surface area contributed by atoms with Crippen LogP contribution in [0, 0.1) is 0 Å². The fourth-order valence-electron chi connectivity index (χ4n) is 1.40. The van der Waals surface area contributed by atoms with Crippen LogP contribution in [0.2, 0.25) is 0 Å². The highest BCUT2D eigenvalue weighted by molar-refractivity contribution is 9.10. The lowest BCUT2D eigenvalue weighted by Crippen LogP contribution is -2.11. The highest BCUT2D eigenvalue weighted by Crippen LogP contribution is 2.24. The predicted octanol–water partition coefficient (Wildman–Crippen LogP) is 2.44. The third-order valence-electron chi connectivity index (χ3n) is 2.28. The lowest BCUT2D eigenvalue weighted by Gasteiger charge is -2.08. The van der Waals surface area contributed by atoms with E-state index < -0.39 is 0 Å². The summed E-state index contributed by atoms with van der Waals surface area (Å²) in [6, 6.07) is 7.80. The van der Waals surface area contributed by atoms with Crippen LogP contribution in [0.3, 0.4) is 0 Å². The van der Waals surface area contributed by atoms with Crippen LogP contribution in [-0.4, -0.2) is 35.4 Å². The van der Waals surface area contributed by atoms with Gasteiger partial charge in [-0.15, -0.1) is 5.10 Å². The number of benzene rings is 1. The van der Waals surface area contributed by atoms with Gasteiger partial charge in [-0.05, 0) is 28.1 Å². The number of halogens is 1. The maximum absolute atomic E-state index is 4.94. The molecule has 1 aromatic carbocycles. The highest BCUT2D eigenvalue weighted by Gasteiger charge is 2.02. The SMILES string of the molecule is COCCNc1nncc(Nc2ccccc2Br)n1. The molecule has 19 heavy (non-hydrogen) atoms. The van der Waals surface area contributed by atoms with E-state index in [2.05, 4.69) is 41.7 Å². The van der Waals surface area contributed by atoms with Crippen molar-refractivity contribution in [2.45, 2.75) is 0 Å². The van der Waals surface area contributed by atoms with Crippen LogP contribution in [-0.2, 0) is 4.74 Å². The van der Waals surface area contributed by atoms with Crippen LogP contribution in [0.15, 0.2) is 34.9 Å². The van der Waals surface area contributed by atoms with E-state index in [4.69, 9.17) is 4.74 Å². The zero-order chi connectivity index (χ0) is 13.5. The molecule has 7 heteroatoms. The minimum absolute atomic E-state index is 0.467. The van der Waals surface area contributed by atoms with Crippen LogP contribution >= 0.6 is 15.9 Å². The first-order chi connectivity index (χ1) is 9.29. The van der Waals surface area contributed by atoms with Crippen molar-refractivity contribution in [1.82, 2.24) is 15.2 Å². The van der Waals surface area contributed by atoms with Gasteiger partial charge in [-0.1, -0.05) is 12.1 Å². The quantitative estimate of drug-likeness (QED) is 0.795. The van der Waals surface area contributed by atoms with Gasteiger partial charge in [-0.25, -0.2) is 0 Å². The Morgan fingerprint density at radius 2 is 2.16 bits per heavy atom. The van der Waals surface area contributed by atoms with Crippen molar-refractivity contribution < 1.29 is 4.74 Å². The van der Waals surface area contributed by atoms with Crippen LogP contribution in [0.4, 0.5) is 17.5 Å². The van der Waals surface area contributed by atoms with Crippen molar-refractivity contribution in [2.75, 3.05) is 30.9 Å². The molecule has 0 saturated heterocycles. The molecule has 0 amide bonds. The minimum Gasteiger partial charge on any atom is -0.383 e. The summed E-state index contributed by atoms with van der Waals surface area (Å²) in [5, 5.41) is 14.0. The number of methoxy groups -OCH3 is 1. The van der Waals surface area contributed by atoms with Gasteiger partial charge in [0.05, 0.1) is 18.5 Å². The average Bonchev–Trinajstić information content (AvgIpc) is 2.42. The van der Waals surface area contributed by atoms with Gasteiger partial charge >= 0.3 is 0 Å². The van der Waals surface area contributed by atoms with Gasteiger partial charge in [-0.3, -0.25) is 0 Å². The first-order valence-corrected chi connectivity index (χ1v) is 6.53. The lowest BCUT2D eigenvalue weighted by atomic mass is 10.3. The zero-order valence-electron chi connectivity index (χ0n) is 10.4. The Kier molecular flexibility index (Phi) is 5.05. The van der Waals surface area contributed by atoms with Gasteiger partial charge in [0.15, 0.2) is 5.82 Å². The Hall–Kier alpha value is -1.73. The molecular formula is C12H14BrN5O. The summed E-state index contributed by atoms with van der Waals surface area (Å²) in [4.78, 5) is 4.31. The molecule has 0 saturated carbocycles. The first-order valence-electron chi connectivity index (χ1n) is 5.73. The van der Waals surface area contributed by atoms with Crippen LogP contribution in [0.5, 0.6) is 0 Å². The Labute approximate surface area is 119 Å². The number of para-hydroxylation sites is 1. The number of anilines is 3. The molecule has 0 aliphatic heterocycles. The number of nitrogens with zero attached hydrogens (tertiary/aromatic N) is 3. The topological polar surface area (TPSA) is 72.0 Å². The van der Waals surface area contributed by atoms with Gasteiger partial charge in [0.25, 0.3) is 0 Å². The molecule has 1 heterocycles. The Bertz CT molecular complexity index is 537. The van der Waals surface area contributed by atoms with Crippen molar-refractivity contribution in [2.24, 2.45) is 0 Å².